The third kappa shape index (κ3) is 5.93. The maximum absolute atomic E-state index is 12.4. The number of aliphatic hydroxyl groups is 1. The number of nitrogens with one attached hydrogen (secondary N) is 1. The van der Waals surface area contributed by atoms with Crippen molar-refractivity contribution in [1.29, 1.82) is 0 Å². The zero-order chi connectivity index (χ0) is 17.0. The Labute approximate surface area is 127 Å². The number of amides is 2. The van der Waals surface area contributed by atoms with Gasteiger partial charge in [0.15, 0.2) is 0 Å². The number of rotatable bonds is 5. The third-order valence-corrected chi connectivity index (χ3v) is 2.97. The van der Waals surface area contributed by atoms with Gasteiger partial charge in [0.2, 0.25) is 0 Å². The molecule has 1 rings (SSSR count). The molecule has 124 valence electrons. The summed E-state index contributed by atoms with van der Waals surface area (Å²) in [7, 11) is 0. The number of urea groups is 1. The number of likely N-dealkylation sites (N-methyl/N-ethyl adjacent to an activating group) is 1. The van der Waals surface area contributed by atoms with Gasteiger partial charge in [-0.3, -0.25) is 0 Å². The molecular weight excluding hydrogens is 297 g/mol. The molecule has 2 N–H and O–H groups in total. The van der Waals surface area contributed by atoms with Crippen molar-refractivity contribution < 1.29 is 23.1 Å². The van der Waals surface area contributed by atoms with E-state index in [1.807, 2.05) is 0 Å². The minimum Gasteiger partial charge on any atom is -0.389 e. The van der Waals surface area contributed by atoms with Crippen LogP contribution >= 0.6 is 0 Å². The largest absolute Gasteiger partial charge is 0.416 e. The van der Waals surface area contributed by atoms with Crippen molar-refractivity contribution in [3.05, 3.63) is 35.4 Å². The Morgan fingerprint density at radius 3 is 2.18 bits per heavy atom. The second-order valence-electron chi connectivity index (χ2n) is 5.68. The number of hydrogen-bond donors (Lipinski definition) is 2. The highest BCUT2D eigenvalue weighted by Gasteiger charge is 2.30. The third-order valence-electron chi connectivity index (χ3n) is 2.97. The first-order valence-corrected chi connectivity index (χ1v) is 6.94. The van der Waals surface area contributed by atoms with Gasteiger partial charge < -0.3 is 15.3 Å². The van der Waals surface area contributed by atoms with Crippen molar-refractivity contribution in [2.45, 2.75) is 39.1 Å². The first kappa shape index (κ1) is 18.3. The highest BCUT2D eigenvalue weighted by Crippen LogP contribution is 2.29. The zero-order valence-electron chi connectivity index (χ0n) is 12.9. The maximum Gasteiger partial charge on any atom is 0.416 e. The van der Waals surface area contributed by atoms with Gasteiger partial charge >= 0.3 is 12.2 Å². The molecule has 0 fully saturated rings. The normalized spacial score (nSPS) is 12.1. The Morgan fingerprint density at radius 2 is 1.77 bits per heavy atom. The molecule has 4 nitrogen and oxygen atoms in total. The van der Waals surface area contributed by atoms with Crippen LogP contribution in [0, 0.1) is 0 Å². The highest BCUT2D eigenvalue weighted by atomic mass is 19.4. The van der Waals surface area contributed by atoms with Crippen LogP contribution in [0.2, 0.25) is 0 Å². The van der Waals surface area contributed by atoms with Crippen LogP contribution in [0.15, 0.2) is 24.3 Å². The average molecular weight is 318 g/mol. The molecule has 0 spiro atoms. The molecule has 0 aliphatic carbocycles. The van der Waals surface area contributed by atoms with E-state index in [1.165, 1.54) is 17.0 Å². The Morgan fingerprint density at radius 1 is 1.23 bits per heavy atom. The average Bonchev–Trinajstić information content (AvgIpc) is 2.40. The van der Waals surface area contributed by atoms with Crippen LogP contribution in [0.4, 0.5) is 18.0 Å². The fraction of sp³-hybridized carbons (Fsp3) is 0.533. The standard InChI is InChI=1S/C15H21F3N2O2/c1-4-20(10-14(2,3)22)13(21)19-9-11-5-7-12(8-6-11)15(16,17)18/h5-8,22H,4,9-10H2,1-3H3,(H,19,21). The fourth-order valence-corrected chi connectivity index (χ4v) is 1.90. The molecule has 0 bridgehead atoms. The molecule has 22 heavy (non-hydrogen) atoms. The molecule has 0 saturated carbocycles. The van der Waals surface area contributed by atoms with E-state index < -0.39 is 17.3 Å². The molecule has 0 aliphatic rings. The molecule has 0 heterocycles. The van der Waals surface area contributed by atoms with Crippen LogP contribution in [0.1, 0.15) is 31.9 Å². The van der Waals surface area contributed by atoms with Crippen LogP contribution in [0.25, 0.3) is 0 Å². The van der Waals surface area contributed by atoms with Gasteiger partial charge in [0, 0.05) is 13.1 Å². The molecule has 0 unspecified atom stereocenters. The summed E-state index contributed by atoms with van der Waals surface area (Å²) in [6.07, 6.45) is -4.37. The van der Waals surface area contributed by atoms with Crippen LogP contribution in [0.5, 0.6) is 0 Å². The summed E-state index contributed by atoms with van der Waals surface area (Å²) in [4.78, 5) is 13.4. The van der Waals surface area contributed by atoms with E-state index in [-0.39, 0.29) is 19.1 Å². The van der Waals surface area contributed by atoms with E-state index in [4.69, 9.17) is 0 Å². The van der Waals surface area contributed by atoms with Gasteiger partial charge in [0.1, 0.15) is 0 Å². The summed E-state index contributed by atoms with van der Waals surface area (Å²) >= 11 is 0. The summed E-state index contributed by atoms with van der Waals surface area (Å²) in [5.41, 5.74) is -1.16. The number of benzene rings is 1. The second kappa shape index (κ2) is 7.00. The Kier molecular flexibility index (Phi) is 5.82. The minimum absolute atomic E-state index is 0.124. The molecular formula is C15H21F3N2O2. The molecule has 1 aromatic carbocycles. The Balaban J connectivity index is 2.60. The summed E-state index contributed by atoms with van der Waals surface area (Å²) in [5, 5.41) is 12.4. The number of carbonyl (C=O) groups is 1. The zero-order valence-corrected chi connectivity index (χ0v) is 12.9. The van der Waals surface area contributed by atoms with Crippen LogP contribution in [-0.4, -0.2) is 34.7 Å². The molecule has 0 atom stereocenters. The predicted octanol–water partition coefficient (Wildman–Crippen LogP) is 3.01. The van der Waals surface area contributed by atoms with Gasteiger partial charge in [-0.05, 0) is 38.5 Å². The SMILES string of the molecule is CCN(CC(C)(C)O)C(=O)NCc1ccc(C(F)(F)F)cc1. The summed E-state index contributed by atoms with van der Waals surface area (Å²) in [5.74, 6) is 0. The van der Waals surface area contributed by atoms with E-state index in [0.717, 1.165) is 12.1 Å². The number of nitrogens with zero attached hydrogens (tertiary/aromatic N) is 1. The summed E-state index contributed by atoms with van der Waals surface area (Å²) in [6, 6.07) is 4.25. The lowest BCUT2D eigenvalue weighted by molar-refractivity contribution is -0.137. The number of carbonyl (C=O) groups excluding carboxylic acids is 1. The number of halogens is 3. The first-order chi connectivity index (χ1) is 10.0. The minimum atomic E-state index is -4.37. The predicted molar refractivity (Wildman–Crippen MR) is 77.2 cm³/mol. The molecule has 0 saturated heterocycles. The van der Waals surface area contributed by atoms with Crippen LogP contribution in [0.3, 0.4) is 0 Å². The lowest BCUT2D eigenvalue weighted by atomic mass is 10.1. The van der Waals surface area contributed by atoms with E-state index in [2.05, 4.69) is 5.32 Å². The van der Waals surface area contributed by atoms with Crippen molar-refractivity contribution >= 4 is 6.03 Å². The van der Waals surface area contributed by atoms with Crippen molar-refractivity contribution in [3.63, 3.8) is 0 Å². The van der Waals surface area contributed by atoms with E-state index >= 15 is 0 Å². The second-order valence-corrected chi connectivity index (χ2v) is 5.68. The Hall–Kier alpha value is -1.76. The van der Waals surface area contributed by atoms with Crippen LogP contribution in [-0.2, 0) is 12.7 Å². The quantitative estimate of drug-likeness (QED) is 0.877. The lowest BCUT2D eigenvalue weighted by Gasteiger charge is -2.28. The lowest BCUT2D eigenvalue weighted by Crippen LogP contribution is -2.46. The van der Waals surface area contributed by atoms with Gasteiger partial charge in [0.25, 0.3) is 0 Å². The van der Waals surface area contributed by atoms with Crippen LogP contribution < -0.4 is 5.32 Å². The molecule has 1 aromatic rings. The first-order valence-electron chi connectivity index (χ1n) is 6.94. The van der Waals surface area contributed by atoms with Gasteiger partial charge in [-0.2, -0.15) is 13.2 Å². The van der Waals surface area contributed by atoms with E-state index in [0.29, 0.717) is 12.1 Å². The van der Waals surface area contributed by atoms with Crippen molar-refractivity contribution in [2.75, 3.05) is 13.1 Å². The molecule has 7 heteroatoms. The Bertz CT molecular complexity index is 493. The monoisotopic (exact) mass is 318 g/mol. The van der Waals surface area contributed by atoms with Gasteiger partial charge in [0.05, 0.1) is 17.7 Å². The maximum atomic E-state index is 12.4. The molecule has 0 radical (unpaired) electrons. The van der Waals surface area contributed by atoms with E-state index in [1.54, 1.807) is 20.8 Å². The fourth-order valence-electron chi connectivity index (χ4n) is 1.90. The number of hydrogen-bond acceptors (Lipinski definition) is 2. The topological polar surface area (TPSA) is 52.6 Å². The number of alkyl halides is 3. The molecule has 0 aromatic heterocycles. The summed E-state index contributed by atoms with van der Waals surface area (Å²) < 4.78 is 37.3. The van der Waals surface area contributed by atoms with Gasteiger partial charge in [-0.1, -0.05) is 12.1 Å². The van der Waals surface area contributed by atoms with E-state index in [9.17, 15) is 23.1 Å². The van der Waals surface area contributed by atoms with Gasteiger partial charge in [-0.25, -0.2) is 4.79 Å². The van der Waals surface area contributed by atoms with Crippen molar-refractivity contribution in [3.8, 4) is 0 Å². The smallest absolute Gasteiger partial charge is 0.389 e. The van der Waals surface area contributed by atoms with Crippen molar-refractivity contribution in [2.24, 2.45) is 0 Å². The van der Waals surface area contributed by atoms with Gasteiger partial charge in [-0.15, -0.1) is 0 Å². The molecule has 0 aliphatic heterocycles. The molecule has 2 amide bonds. The van der Waals surface area contributed by atoms with Crippen molar-refractivity contribution in [1.82, 2.24) is 10.2 Å². The highest BCUT2D eigenvalue weighted by molar-refractivity contribution is 5.74. The summed E-state index contributed by atoms with van der Waals surface area (Å²) in [6.45, 7) is 5.69.